The van der Waals surface area contributed by atoms with Gasteiger partial charge in [0.25, 0.3) is 0 Å². The second-order valence-electron chi connectivity index (χ2n) is 5.09. The van der Waals surface area contributed by atoms with Crippen LogP contribution in [-0.2, 0) is 0 Å². The molecule has 96 valence electrons. The Morgan fingerprint density at radius 1 is 1.24 bits per heavy atom. The molecule has 2 heteroatoms. The molecule has 0 aliphatic carbocycles. The minimum atomic E-state index is -0.354. The number of benzene rings is 1. The summed E-state index contributed by atoms with van der Waals surface area (Å²) >= 11 is 0. The fourth-order valence-electron chi connectivity index (χ4n) is 1.91. The lowest BCUT2D eigenvalue weighted by molar-refractivity contribution is 0.174. The van der Waals surface area contributed by atoms with Gasteiger partial charge in [-0.05, 0) is 24.8 Å². The Hall–Kier alpha value is -1.02. The van der Waals surface area contributed by atoms with Gasteiger partial charge in [-0.15, -0.1) is 0 Å². The average molecular weight is 235 g/mol. The van der Waals surface area contributed by atoms with E-state index in [0.29, 0.717) is 5.92 Å². The Balaban J connectivity index is 2.81. The van der Waals surface area contributed by atoms with E-state index in [9.17, 15) is 5.11 Å². The van der Waals surface area contributed by atoms with Gasteiger partial charge < -0.3 is 10.0 Å². The second kappa shape index (κ2) is 6.65. The molecule has 0 heterocycles. The maximum Gasteiger partial charge on any atom is 0.0807 e. The summed E-state index contributed by atoms with van der Waals surface area (Å²) in [6.45, 7) is 7.52. The number of anilines is 1. The highest BCUT2D eigenvalue weighted by molar-refractivity contribution is 5.54. The van der Waals surface area contributed by atoms with E-state index in [1.54, 1.807) is 0 Å². The van der Waals surface area contributed by atoms with Crippen molar-refractivity contribution in [2.45, 2.75) is 39.7 Å². The summed E-state index contributed by atoms with van der Waals surface area (Å²) < 4.78 is 0. The summed E-state index contributed by atoms with van der Waals surface area (Å²) in [5.74, 6) is 0.709. The van der Waals surface area contributed by atoms with E-state index >= 15 is 0 Å². The topological polar surface area (TPSA) is 23.5 Å². The van der Waals surface area contributed by atoms with Crippen LogP contribution in [0.2, 0.25) is 0 Å². The zero-order chi connectivity index (χ0) is 12.8. The van der Waals surface area contributed by atoms with Crippen LogP contribution in [0.3, 0.4) is 0 Å². The highest BCUT2D eigenvalue weighted by Gasteiger charge is 2.12. The van der Waals surface area contributed by atoms with Crippen molar-refractivity contribution < 1.29 is 5.11 Å². The molecule has 0 aliphatic heterocycles. The summed E-state index contributed by atoms with van der Waals surface area (Å²) in [5.41, 5.74) is 2.20. The van der Waals surface area contributed by atoms with Crippen LogP contribution < -0.4 is 4.90 Å². The van der Waals surface area contributed by atoms with Crippen LogP contribution in [0.5, 0.6) is 0 Å². The molecule has 17 heavy (non-hydrogen) atoms. The summed E-state index contributed by atoms with van der Waals surface area (Å²) in [7, 11) is 2.10. The molecule has 0 saturated heterocycles. The molecule has 0 bridgehead atoms. The zero-order valence-corrected chi connectivity index (χ0v) is 11.5. The third kappa shape index (κ3) is 4.04. The highest BCUT2D eigenvalue weighted by atomic mass is 16.3. The number of hydrogen-bond donors (Lipinski definition) is 1. The number of aliphatic hydroxyl groups is 1. The van der Waals surface area contributed by atoms with Gasteiger partial charge in [0.15, 0.2) is 0 Å². The van der Waals surface area contributed by atoms with Gasteiger partial charge >= 0.3 is 0 Å². The van der Waals surface area contributed by atoms with Gasteiger partial charge in [0, 0.05) is 24.8 Å². The van der Waals surface area contributed by atoms with Crippen molar-refractivity contribution in [2.75, 3.05) is 18.5 Å². The lowest BCUT2D eigenvalue weighted by Crippen LogP contribution is -2.21. The molecule has 1 aromatic rings. The van der Waals surface area contributed by atoms with Gasteiger partial charge in [-0.3, -0.25) is 0 Å². The van der Waals surface area contributed by atoms with Gasteiger partial charge in [-0.1, -0.05) is 39.0 Å². The van der Waals surface area contributed by atoms with Crippen LogP contribution in [0.15, 0.2) is 24.3 Å². The molecule has 2 nitrogen and oxygen atoms in total. The third-order valence-electron chi connectivity index (χ3n) is 3.14. The van der Waals surface area contributed by atoms with E-state index in [2.05, 4.69) is 31.9 Å². The van der Waals surface area contributed by atoms with Crippen molar-refractivity contribution in [3.63, 3.8) is 0 Å². The van der Waals surface area contributed by atoms with Crippen LogP contribution in [0.1, 0.15) is 45.3 Å². The van der Waals surface area contributed by atoms with Crippen molar-refractivity contribution in [2.24, 2.45) is 5.92 Å². The summed E-state index contributed by atoms with van der Waals surface area (Å²) in [6, 6.07) is 8.14. The van der Waals surface area contributed by atoms with E-state index in [4.69, 9.17) is 0 Å². The van der Waals surface area contributed by atoms with Gasteiger partial charge in [-0.25, -0.2) is 0 Å². The number of hydrogen-bond acceptors (Lipinski definition) is 2. The van der Waals surface area contributed by atoms with Crippen molar-refractivity contribution >= 4 is 5.69 Å². The number of nitrogens with zero attached hydrogens (tertiary/aromatic N) is 1. The van der Waals surface area contributed by atoms with Gasteiger partial charge in [0.05, 0.1) is 6.10 Å². The fraction of sp³-hybridized carbons (Fsp3) is 0.600. The Morgan fingerprint density at radius 3 is 2.47 bits per heavy atom. The Kier molecular flexibility index (Phi) is 5.49. The largest absolute Gasteiger partial charge is 0.388 e. The van der Waals surface area contributed by atoms with E-state index in [-0.39, 0.29) is 6.10 Å². The van der Waals surface area contributed by atoms with Crippen molar-refractivity contribution in [3.05, 3.63) is 29.8 Å². The quantitative estimate of drug-likeness (QED) is 0.814. The molecule has 0 aliphatic rings. The molecular formula is C15H25NO. The molecule has 1 aromatic carbocycles. The molecule has 0 fully saturated rings. The SMILES string of the molecule is CC[C@H](O)c1ccccc1N(C)CCC(C)C. The fourth-order valence-corrected chi connectivity index (χ4v) is 1.91. The van der Waals surface area contributed by atoms with Gasteiger partial charge in [0.2, 0.25) is 0 Å². The average Bonchev–Trinajstić information content (AvgIpc) is 2.34. The van der Waals surface area contributed by atoms with E-state index in [1.807, 2.05) is 25.1 Å². The molecule has 0 saturated carbocycles. The zero-order valence-electron chi connectivity index (χ0n) is 11.5. The van der Waals surface area contributed by atoms with Crippen LogP contribution in [0.25, 0.3) is 0 Å². The van der Waals surface area contributed by atoms with E-state index in [0.717, 1.165) is 24.2 Å². The van der Waals surface area contributed by atoms with Crippen LogP contribution in [0.4, 0.5) is 5.69 Å². The predicted octanol–water partition coefficient (Wildman–Crippen LogP) is 3.61. The maximum atomic E-state index is 10.0. The van der Waals surface area contributed by atoms with Gasteiger partial charge in [-0.2, -0.15) is 0 Å². The monoisotopic (exact) mass is 235 g/mol. The van der Waals surface area contributed by atoms with Gasteiger partial charge in [0.1, 0.15) is 0 Å². The molecule has 0 unspecified atom stereocenters. The number of aliphatic hydroxyl groups excluding tert-OH is 1. The summed E-state index contributed by atoms with van der Waals surface area (Å²) in [6.07, 6.45) is 1.58. The van der Waals surface area contributed by atoms with Crippen LogP contribution >= 0.6 is 0 Å². The summed E-state index contributed by atoms with van der Waals surface area (Å²) in [5, 5.41) is 10.0. The third-order valence-corrected chi connectivity index (χ3v) is 3.14. The molecule has 0 amide bonds. The Labute approximate surface area is 105 Å². The highest BCUT2D eigenvalue weighted by Crippen LogP contribution is 2.27. The van der Waals surface area contributed by atoms with Crippen molar-refractivity contribution in [3.8, 4) is 0 Å². The Morgan fingerprint density at radius 2 is 1.88 bits per heavy atom. The van der Waals surface area contributed by atoms with Crippen molar-refractivity contribution in [1.29, 1.82) is 0 Å². The first kappa shape index (κ1) is 14.0. The molecule has 0 aromatic heterocycles. The van der Waals surface area contributed by atoms with Crippen LogP contribution in [0, 0.1) is 5.92 Å². The standard InChI is InChI=1S/C15H25NO/c1-5-15(17)13-8-6-7-9-14(13)16(4)11-10-12(2)3/h6-9,12,15,17H,5,10-11H2,1-4H3/t15-/m0/s1. The molecular weight excluding hydrogens is 210 g/mol. The molecule has 1 N–H and O–H groups in total. The predicted molar refractivity (Wildman–Crippen MR) is 74.4 cm³/mol. The smallest absolute Gasteiger partial charge is 0.0807 e. The lowest BCUT2D eigenvalue weighted by Gasteiger charge is -2.25. The summed E-state index contributed by atoms with van der Waals surface area (Å²) in [4.78, 5) is 2.24. The Bertz CT molecular complexity index is 335. The lowest BCUT2D eigenvalue weighted by atomic mass is 10.0. The van der Waals surface area contributed by atoms with Crippen LogP contribution in [-0.4, -0.2) is 18.7 Å². The van der Waals surface area contributed by atoms with E-state index < -0.39 is 0 Å². The number of rotatable bonds is 6. The maximum absolute atomic E-state index is 10.0. The minimum absolute atomic E-state index is 0.354. The molecule has 1 atom stereocenters. The molecule has 0 spiro atoms. The second-order valence-corrected chi connectivity index (χ2v) is 5.09. The first-order valence-corrected chi connectivity index (χ1v) is 6.54. The molecule has 0 radical (unpaired) electrons. The minimum Gasteiger partial charge on any atom is -0.388 e. The molecule has 1 rings (SSSR count). The number of para-hydroxylation sites is 1. The first-order valence-electron chi connectivity index (χ1n) is 6.54. The first-order chi connectivity index (χ1) is 8.06. The normalized spacial score (nSPS) is 12.8. The van der Waals surface area contributed by atoms with E-state index in [1.165, 1.54) is 6.42 Å². The van der Waals surface area contributed by atoms with Crippen molar-refractivity contribution in [1.82, 2.24) is 0 Å².